The second-order valence-corrected chi connectivity index (χ2v) is 5.71. The predicted molar refractivity (Wildman–Crippen MR) is 76.4 cm³/mol. The Morgan fingerprint density at radius 1 is 1.33 bits per heavy atom. The SMILES string of the molecule is Cc1nn(C)c(C)c1CN(C)CCC(N)C(C)C. The molecule has 0 amide bonds. The van der Waals surface area contributed by atoms with E-state index in [9.17, 15) is 0 Å². The maximum atomic E-state index is 6.08. The molecule has 1 atom stereocenters. The number of nitrogens with zero attached hydrogens (tertiary/aromatic N) is 3. The van der Waals surface area contributed by atoms with E-state index in [4.69, 9.17) is 5.73 Å². The number of hydrogen-bond acceptors (Lipinski definition) is 3. The first kappa shape index (κ1) is 15.2. The van der Waals surface area contributed by atoms with Gasteiger partial charge >= 0.3 is 0 Å². The second kappa shape index (κ2) is 6.34. The van der Waals surface area contributed by atoms with Crippen LogP contribution in [0.1, 0.15) is 37.2 Å². The number of nitrogens with two attached hydrogens (primary N) is 1. The molecule has 0 saturated carbocycles. The first-order valence-corrected chi connectivity index (χ1v) is 6.76. The van der Waals surface area contributed by atoms with Gasteiger partial charge in [-0.05, 0) is 39.8 Å². The zero-order valence-electron chi connectivity index (χ0n) is 12.7. The quantitative estimate of drug-likeness (QED) is 0.840. The summed E-state index contributed by atoms with van der Waals surface area (Å²) >= 11 is 0. The maximum Gasteiger partial charge on any atom is 0.0641 e. The van der Waals surface area contributed by atoms with Crippen LogP contribution < -0.4 is 5.73 Å². The molecule has 0 aliphatic carbocycles. The number of rotatable bonds is 6. The first-order valence-electron chi connectivity index (χ1n) is 6.76. The van der Waals surface area contributed by atoms with E-state index < -0.39 is 0 Å². The molecule has 1 aromatic rings. The number of hydrogen-bond donors (Lipinski definition) is 1. The van der Waals surface area contributed by atoms with Crippen molar-refractivity contribution in [3.05, 3.63) is 17.0 Å². The highest BCUT2D eigenvalue weighted by molar-refractivity contribution is 5.23. The predicted octanol–water partition coefficient (Wildman–Crippen LogP) is 1.84. The molecule has 1 rings (SSSR count). The average Bonchev–Trinajstić information content (AvgIpc) is 2.52. The molecule has 0 aliphatic heterocycles. The van der Waals surface area contributed by atoms with Crippen molar-refractivity contribution in [2.45, 2.75) is 46.7 Å². The molecular weight excluding hydrogens is 224 g/mol. The monoisotopic (exact) mass is 252 g/mol. The van der Waals surface area contributed by atoms with E-state index in [1.54, 1.807) is 0 Å². The van der Waals surface area contributed by atoms with Crippen molar-refractivity contribution in [2.24, 2.45) is 18.7 Å². The molecule has 1 unspecified atom stereocenters. The van der Waals surface area contributed by atoms with Crippen molar-refractivity contribution in [2.75, 3.05) is 13.6 Å². The Hall–Kier alpha value is -0.870. The van der Waals surface area contributed by atoms with Gasteiger partial charge in [-0.15, -0.1) is 0 Å². The molecule has 0 saturated heterocycles. The molecule has 0 aliphatic rings. The fraction of sp³-hybridized carbons (Fsp3) is 0.786. The standard InChI is InChI=1S/C14H28N4/c1-10(2)14(15)7-8-17(5)9-13-11(3)16-18(6)12(13)4/h10,14H,7-9,15H2,1-6H3. The van der Waals surface area contributed by atoms with Gasteiger partial charge in [0.2, 0.25) is 0 Å². The summed E-state index contributed by atoms with van der Waals surface area (Å²) < 4.78 is 1.96. The highest BCUT2D eigenvalue weighted by atomic mass is 15.3. The van der Waals surface area contributed by atoms with Crippen LogP contribution in [0.2, 0.25) is 0 Å². The van der Waals surface area contributed by atoms with Crippen LogP contribution in [0, 0.1) is 19.8 Å². The summed E-state index contributed by atoms with van der Waals surface area (Å²) in [5.74, 6) is 0.556. The fourth-order valence-electron chi connectivity index (χ4n) is 2.10. The number of aryl methyl sites for hydroxylation is 2. The Labute approximate surface area is 111 Å². The lowest BCUT2D eigenvalue weighted by Crippen LogP contribution is -2.31. The zero-order chi connectivity index (χ0) is 13.9. The van der Waals surface area contributed by atoms with Gasteiger partial charge < -0.3 is 10.6 Å². The van der Waals surface area contributed by atoms with Crippen molar-refractivity contribution in [3.63, 3.8) is 0 Å². The number of aromatic nitrogens is 2. The van der Waals surface area contributed by atoms with Crippen LogP contribution in [0.4, 0.5) is 0 Å². The molecule has 0 spiro atoms. The topological polar surface area (TPSA) is 47.1 Å². The van der Waals surface area contributed by atoms with E-state index in [0.29, 0.717) is 12.0 Å². The largest absolute Gasteiger partial charge is 0.327 e. The van der Waals surface area contributed by atoms with Gasteiger partial charge in [-0.1, -0.05) is 13.8 Å². The van der Waals surface area contributed by atoms with Crippen molar-refractivity contribution >= 4 is 0 Å². The Bertz CT molecular complexity index is 381. The lowest BCUT2D eigenvalue weighted by molar-refractivity contribution is 0.295. The van der Waals surface area contributed by atoms with E-state index >= 15 is 0 Å². The molecular formula is C14H28N4. The molecule has 18 heavy (non-hydrogen) atoms. The molecule has 0 bridgehead atoms. The summed E-state index contributed by atoms with van der Waals surface area (Å²) in [4.78, 5) is 2.33. The second-order valence-electron chi connectivity index (χ2n) is 5.71. The van der Waals surface area contributed by atoms with Crippen LogP contribution >= 0.6 is 0 Å². The Kier molecular flexibility index (Phi) is 5.35. The van der Waals surface area contributed by atoms with Gasteiger partial charge in [-0.25, -0.2) is 0 Å². The van der Waals surface area contributed by atoms with Gasteiger partial charge in [0.15, 0.2) is 0 Å². The van der Waals surface area contributed by atoms with Crippen LogP contribution in [0.15, 0.2) is 0 Å². The molecule has 0 radical (unpaired) electrons. The summed E-state index contributed by atoms with van der Waals surface area (Å²) in [6.45, 7) is 10.6. The highest BCUT2D eigenvalue weighted by Gasteiger charge is 2.13. The van der Waals surface area contributed by atoms with Crippen molar-refractivity contribution in [3.8, 4) is 0 Å². The summed E-state index contributed by atoms with van der Waals surface area (Å²) in [6, 6.07) is 0.295. The van der Waals surface area contributed by atoms with Gasteiger partial charge in [0.05, 0.1) is 5.69 Å². The van der Waals surface area contributed by atoms with Crippen molar-refractivity contribution in [1.29, 1.82) is 0 Å². The van der Waals surface area contributed by atoms with Gasteiger partial charge in [0.1, 0.15) is 0 Å². The van der Waals surface area contributed by atoms with Crippen molar-refractivity contribution in [1.82, 2.24) is 14.7 Å². The van der Waals surface area contributed by atoms with Crippen LogP contribution in [-0.4, -0.2) is 34.3 Å². The van der Waals surface area contributed by atoms with Gasteiger partial charge in [-0.2, -0.15) is 5.10 Å². The summed E-state index contributed by atoms with van der Waals surface area (Å²) in [5, 5.41) is 4.45. The minimum Gasteiger partial charge on any atom is -0.327 e. The molecule has 2 N–H and O–H groups in total. The third-order valence-electron chi connectivity index (χ3n) is 3.79. The van der Waals surface area contributed by atoms with Crippen LogP contribution in [0.3, 0.4) is 0 Å². The van der Waals surface area contributed by atoms with E-state index in [0.717, 1.165) is 25.2 Å². The van der Waals surface area contributed by atoms with E-state index in [1.807, 2.05) is 11.7 Å². The van der Waals surface area contributed by atoms with Crippen molar-refractivity contribution < 1.29 is 0 Å². The Morgan fingerprint density at radius 2 is 1.94 bits per heavy atom. The van der Waals surface area contributed by atoms with Gasteiger partial charge in [0.25, 0.3) is 0 Å². The average molecular weight is 252 g/mol. The van der Waals surface area contributed by atoms with Gasteiger partial charge in [-0.3, -0.25) is 4.68 Å². The van der Waals surface area contributed by atoms with E-state index in [-0.39, 0.29) is 0 Å². The van der Waals surface area contributed by atoms with Gasteiger partial charge in [0, 0.05) is 30.9 Å². The molecule has 1 heterocycles. The lowest BCUT2D eigenvalue weighted by atomic mass is 10.0. The molecule has 104 valence electrons. The smallest absolute Gasteiger partial charge is 0.0641 e. The summed E-state index contributed by atoms with van der Waals surface area (Å²) in [7, 11) is 4.15. The van der Waals surface area contributed by atoms with Crippen LogP contribution in [-0.2, 0) is 13.6 Å². The summed E-state index contributed by atoms with van der Waals surface area (Å²) in [6.07, 6.45) is 1.05. The molecule has 0 aromatic carbocycles. The zero-order valence-corrected chi connectivity index (χ0v) is 12.7. The third-order valence-corrected chi connectivity index (χ3v) is 3.79. The molecule has 4 nitrogen and oxygen atoms in total. The Balaban J connectivity index is 2.52. The molecule has 0 fully saturated rings. The normalized spacial score (nSPS) is 13.6. The summed E-state index contributed by atoms with van der Waals surface area (Å²) in [5.41, 5.74) is 9.82. The molecule has 4 heteroatoms. The van der Waals surface area contributed by atoms with Crippen LogP contribution in [0.25, 0.3) is 0 Å². The third kappa shape index (κ3) is 3.82. The van der Waals surface area contributed by atoms with E-state index in [1.165, 1.54) is 11.3 Å². The Morgan fingerprint density at radius 3 is 2.39 bits per heavy atom. The lowest BCUT2D eigenvalue weighted by Gasteiger charge is -2.21. The van der Waals surface area contributed by atoms with Crippen LogP contribution in [0.5, 0.6) is 0 Å². The first-order chi connectivity index (χ1) is 8.32. The maximum absolute atomic E-state index is 6.08. The fourth-order valence-corrected chi connectivity index (χ4v) is 2.10. The highest BCUT2D eigenvalue weighted by Crippen LogP contribution is 2.14. The molecule has 1 aromatic heterocycles. The minimum absolute atomic E-state index is 0.295. The van der Waals surface area contributed by atoms with E-state index in [2.05, 4.69) is 44.7 Å². The minimum atomic E-state index is 0.295.